The van der Waals surface area contributed by atoms with Crippen molar-refractivity contribution >= 4 is 5.91 Å². The summed E-state index contributed by atoms with van der Waals surface area (Å²) in [6, 6.07) is -0.803. The fraction of sp³-hybridized carbons (Fsp3) is 0.806. The van der Waals surface area contributed by atoms with E-state index in [1.165, 1.54) is 199 Å². The van der Waals surface area contributed by atoms with Gasteiger partial charge in [0.2, 0.25) is 5.91 Å². The van der Waals surface area contributed by atoms with Crippen LogP contribution in [0.15, 0.2) is 72.9 Å². The van der Waals surface area contributed by atoms with Crippen LogP contribution < -0.4 is 5.32 Å². The van der Waals surface area contributed by atoms with E-state index in [0.717, 1.165) is 70.6 Å². The molecule has 9 nitrogen and oxygen atoms in total. The number of hydrogen-bond acceptors (Lipinski definition) is 8. The molecule has 6 N–H and O–H groups in total. The number of carbonyl (C=O) groups excluding carboxylic acids is 1. The maximum atomic E-state index is 13.0. The number of unbranched alkanes of at least 4 members (excludes halogenated alkanes) is 35. The third-order valence-electron chi connectivity index (χ3n) is 15.0. The summed E-state index contributed by atoms with van der Waals surface area (Å²) in [5.41, 5.74) is 0. The van der Waals surface area contributed by atoms with Gasteiger partial charge in [-0.15, -0.1) is 0 Å². The molecule has 442 valence electrons. The first-order chi connectivity index (χ1) is 37.3. The highest BCUT2D eigenvalue weighted by Crippen LogP contribution is 2.23. The van der Waals surface area contributed by atoms with E-state index in [-0.39, 0.29) is 12.5 Å². The lowest BCUT2D eigenvalue weighted by Crippen LogP contribution is -2.60. The van der Waals surface area contributed by atoms with Crippen LogP contribution in [-0.2, 0) is 14.3 Å². The second kappa shape index (κ2) is 55.9. The molecule has 9 heteroatoms. The maximum absolute atomic E-state index is 13.0. The van der Waals surface area contributed by atoms with Gasteiger partial charge in [-0.05, 0) is 64.2 Å². The lowest BCUT2D eigenvalue weighted by atomic mass is 9.99. The molecule has 1 amide bonds. The van der Waals surface area contributed by atoms with Gasteiger partial charge in [0.25, 0.3) is 0 Å². The van der Waals surface area contributed by atoms with Crippen molar-refractivity contribution in [2.75, 3.05) is 13.2 Å². The first kappa shape index (κ1) is 71.6. The molecule has 0 bridgehead atoms. The minimum Gasteiger partial charge on any atom is -0.394 e. The molecule has 0 saturated carbocycles. The van der Waals surface area contributed by atoms with E-state index in [1.54, 1.807) is 6.08 Å². The summed E-state index contributed by atoms with van der Waals surface area (Å²) >= 11 is 0. The Bertz CT molecular complexity index is 1420. The first-order valence-electron chi connectivity index (χ1n) is 32.2. The third kappa shape index (κ3) is 44.5. The second-order valence-electron chi connectivity index (χ2n) is 22.2. The van der Waals surface area contributed by atoms with Crippen molar-refractivity contribution in [3.05, 3.63) is 72.9 Å². The average Bonchev–Trinajstić information content (AvgIpc) is 3.42. The Morgan fingerprint density at radius 2 is 0.816 bits per heavy atom. The smallest absolute Gasteiger partial charge is 0.220 e. The molecular weight excluding hydrogens is 947 g/mol. The fourth-order valence-corrected chi connectivity index (χ4v) is 10.0. The van der Waals surface area contributed by atoms with Crippen molar-refractivity contribution in [3.8, 4) is 0 Å². The number of amides is 1. The molecule has 76 heavy (non-hydrogen) atoms. The molecule has 1 rings (SSSR count). The molecule has 0 aromatic carbocycles. The molecule has 1 aliphatic heterocycles. The minimum absolute atomic E-state index is 0.174. The van der Waals surface area contributed by atoms with Gasteiger partial charge < -0.3 is 40.3 Å². The normalized spacial score (nSPS) is 19.3. The van der Waals surface area contributed by atoms with Gasteiger partial charge in [-0.1, -0.05) is 292 Å². The van der Waals surface area contributed by atoms with Crippen LogP contribution in [0.1, 0.15) is 290 Å². The monoisotopic (exact) mass is 1070 g/mol. The molecule has 0 aromatic rings. The Labute approximate surface area is 468 Å². The highest BCUT2D eigenvalue weighted by atomic mass is 16.7. The quantitative estimate of drug-likeness (QED) is 0.0261. The van der Waals surface area contributed by atoms with Crippen LogP contribution in [0.25, 0.3) is 0 Å². The SMILES string of the molecule is CC/C=C\C/C=C\C/C=C\C/C=C\C/C=C\CCCCCCCCCCCCCCCCCCCCCCCCCCCC(=O)NC(COC1OC(CO)C(O)C(O)C1O)C(O)/C=C/CCCCCCCCCCCC. The Morgan fingerprint density at radius 1 is 0.461 bits per heavy atom. The van der Waals surface area contributed by atoms with Crippen LogP contribution in [0.4, 0.5) is 0 Å². The third-order valence-corrected chi connectivity index (χ3v) is 15.0. The number of aliphatic hydroxyl groups excluding tert-OH is 5. The summed E-state index contributed by atoms with van der Waals surface area (Å²) in [5, 5.41) is 54.4. The zero-order valence-electron chi connectivity index (χ0n) is 49.3. The van der Waals surface area contributed by atoms with Crippen LogP contribution in [0.5, 0.6) is 0 Å². The summed E-state index contributed by atoms with van der Waals surface area (Å²) < 4.78 is 11.3. The zero-order chi connectivity index (χ0) is 55.0. The molecule has 0 aliphatic carbocycles. The topological polar surface area (TPSA) is 149 Å². The lowest BCUT2D eigenvalue weighted by molar-refractivity contribution is -0.302. The van der Waals surface area contributed by atoms with Crippen molar-refractivity contribution in [1.82, 2.24) is 5.32 Å². The van der Waals surface area contributed by atoms with Gasteiger partial charge in [-0.25, -0.2) is 0 Å². The first-order valence-corrected chi connectivity index (χ1v) is 32.2. The zero-order valence-corrected chi connectivity index (χ0v) is 49.3. The number of nitrogens with one attached hydrogen (secondary N) is 1. The Balaban J connectivity index is 2.01. The number of hydrogen-bond donors (Lipinski definition) is 6. The van der Waals surface area contributed by atoms with Gasteiger partial charge in [-0.3, -0.25) is 4.79 Å². The molecule has 1 fully saturated rings. The molecule has 1 aliphatic rings. The predicted octanol–water partition coefficient (Wildman–Crippen LogP) is 16.8. The van der Waals surface area contributed by atoms with E-state index in [2.05, 4.69) is 79.9 Å². The van der Waals surface area contributed by atoms with Crippen LogP contribution in [0.3, 0.4) is 0 Å². The largest absolute Gasteiger partial charge is 0.394 e. The van der Waals surface area contributed by atoms with Gasteiger partial charge in [0.15, 0.2) is 6.29 Å². The summed E-state index contributed by atoms with van der Waals surface area (Å²) in [6.45, 7) is 3.67. The predicted molar refractivity (Wildman–Crippen MR) is 322 cm³/mol. The highest BCUT2D eigenvalue weighted by molar-refractivity contribution is 5.76. The van der Waals surface area contributed by atoms with Gasteiger partial charge >= 0.3 is 0 Å². The van der Waals surface area contributed by atoms with E-state index < -0.39 is 49.5 Å². The van der Waals surface area contributed by atoms with Gasteiger partial charge in [0.1, 0.15) is 24.4 Å². The van der Waals surface area contributed by atoms with Crippen LogP contribution in [0.2, 0.25) is 0 Å². The number of ether oxygens (including phenoxy) is 2. The molecular formula is C67H121NO8. The molecule has 0 aromatic heterocycles. The highest BCUT2D eigenvalue weighted by Gasteiger charge is 2.44. The number of rotatable bonds is 55. The molecule has 7 atom stereocenters. The van der Waals surface area contributed by atoms with E-state index in [1.807, 2.05) is 6.08 Å². The molecule has 0 radical (unpaired) electrons. The van der Waals surface area contributed by atoms with Crippen molar-refractivity contribution < 1.29 is 39.8 Å². The summed E-state index contributed by atoms with van der Waals surface area (Å²) in [6.07, 6.45) is 71.6. The Kier molecular flexibility index (Phi) is 52.7. The van der Waals surface area contributed by atoms with Gasteiger partial charge in [0.05, 0.1) is 25.4 Å². The van der Waals surface area contributed by atoms with E-state index >= 15 is 0 Å². The van der Waals surface area contributed by atoms with Crippen LogP contribution in [-0.4, -0.2) is 87.5 Å². The fourth-order valence-electron chi connectivity index (χ4n) is 10.0. The average molecular weight is 1070 g/mol. The number of allylic oxidation sites excluding steroid dienone is 11. The molecule has 1 saturated heterocycles. The standard InChI is InChI=1S/C67H121NO8/c1-3-5-7-9-11-13-15-17-18-19-20-21-22-23-24-25-26-27-28-29-30-31-32-33-34-35-36-37-38-39-40-41-42-43-44-45-47-49-51-53-55-57-63(71)68-60(59-75-67-66(74)65(73)64(72)62(58-69)76-67)61(70)56-54-52-50-48-46-16-14-12-10-8-6-4-2/h5,7,11,13,17-18,20-21,23-24,54,56,60-62,64-67,69-70,72-74H,3-4,6,8-10,12,14-16,19,22,25-53,55,57-59H2,1-2H3,(H,68,71)/b7-5-,13-11-,18-17-,21-20-,24-23-,56-54+. The summed E-state index contributed by atoms with van der Waals surface area (Å²) in [4.78, 5) is 13.0. The van der Waals surface area contributed by atoms with Crippen molar-refractivity contribution in [2.45, 2.75) is 333 Å². The van der Waals surface area contributed by atoms with Crippen LogP contribution in [0, 0.1) is 0 Å². The van der Waals surface area contributed by atoms with Gasteiger partial charge in [0, 0.05) is 6.42 Å². The summed E-state index contributed by atoms with van der Waals surface area (Å²) in [7, 11) is 0. The number of aliphatic hydroxyl groups is 5. The van der Waals surface area contributed by atoms with Crippen molar-refractivity contribution in [3.63, 3.8) is 0 Å². The van der Waals surface area contributed by atoms with Crippen LogP contribution >= 0.6 is 0 Å². The minimum atomic E-state index is -1.57. The van der Waals surface area contributed by atoms with E-state index in [9.17, 15) is 30.3 Å². The number of carbonyl (C=O) groups is 1. The van der Waals surface area contributed by atoms with E-state index in [4.69, 9.17) is 9.47 Å². The van der Waals surface area contributed by atoms with Gasteiger partial charge in [-0.2, -0.15) is 0 Å². The molecule has 1 heterocycles. The lowest BCUT2D eigenvalue weighted by Gasteiger charge is -2.40. The Hall–Kier alpha value is -2.37. The second-order valence-corrected chi connectivity index (χ2v) is 22.2. The molecule has 0 spiro atoms. The summed E-state index contributed by atoms with van der Waals surface area (Å²) in [5.74, 6) is -0.174. The van der Waals surface area contributed by atoms with Crippen molar-refractivity contribution in [2.24, 2.45) is 0 Å². The van der Waals surface area contributed by atoms with E-state index in [0.29, 0.717) is 6.42 Å². The van der Waals surface area contributed by atoms with Crippen molar-refractivity contribution in [1.29, 1.82) is 0 Å². The molecule has 7 unspecified atom stereocenters. The Morgan fingerprint density at radius 3 is 1.21 bits per heavy atom. The maximum Gasteiger partial charge on any atom is 0.220 e.